The molecule has 0 saturated carbocycles. The van der Waals surface area contributed by atoms with E-state index < -0.39 is 22.5 Å². The van der Waals surface area contributed by atoms with E-state index in [0.29, 0.717) is 5.69 Å². The number of halogens is 1. The number of hydrogen-bond acceptors (Lipinski definition) is 4. The summed E-state index contributed by atoms with van der Waals surface area (Å²) in [4.78, 5) is 13.0. The average Bonchev–Trinajstić information content (AvgIpc) is 3.16. The van der Waals surface area contributed by atoms with Gasteiger partial charge in [0.15, 0.2) is 0 Å². The van der Waals surface area contributed by atoms with E-state index >= 15 is 0 Å². The van der Waals surface area contributed by atoms with Crippen LogP contribution in [0.25, 0.3) is 5.69 Å². The third-order valence-electron chi connectivity index (χ3n) is 5.89. The Labute approximate surface area is 225 Å². The van der Waals surface area contributed by atoms with E-state index in [9.17, 15) is 13.2 Å². The van der Waals surface area contributed by atoms with Crippen molar-refractivity contribution in [1.29, 1.82) is 0 Å². The zero-order valence-electron chi connectivity index (χ0n) is 20.7. The van der Waals surface area contributed by atoms with Crippen molar-refractivity contribution in [3.63, 3.8) is 0 Å². The third-order valence-corrected chi connectivity index (χ3v) is 8.21. The maximum atomic E-state index is 13.5. The molecule has 0 atom stereocenters. The van der Waals surface area contributed by atoms with Gasteiger partial charge in [-0.25, -0.2) is 13.8 Å². The van der Waals surface area contributed by atoms with Gasteiger partial charge in [-0.1, -0.05) is 51.8 Å². The minimum Gasteiger partial charge on any atom is -0.318 e. The van der Waals surface area contributed by atoms with Gasteiger partial charge in [-0.05, 0) is 75.4 Å². The normalized spacial score (nSPS) is 11.6. The first kappa shape index (κ1) is 26.4. The van der Waals surface area contributed by atoms with Crippen molar-refractivity contribution in [1.82, 2.24) is 9.99 Å². The van der Waals surface area contributed by atoms with E-state index in [1.807, 2.05) is 57.2 Å². The van der Waals surface area contributed by atoms with Gasteiger partial charge in [0.05, 0.1) is 16.8 Å². The largest absolute Gasteiger partial charge is 0.318 e. The number of amides is 1. The average molecular weight is 580 g/mol. The highest BCUT2D eigenvalue weighted by Crippen LogP contribution is 2.25. The fourth-order valence-corrected chi connectivity index (χ4v) is 5.68. The molecule has 0 saturated heterocycles. The molecular weight excluding hydrogens is 552 g/mol. The Morgan fingerprint density at radius 2 is 1.62 bits per heavy atom. The van der Waals surface area contributed by atoms with Gasteiger partial charge in [-0.15, -0.1) is 0 Å². The number of hydrogen-bond donors (Lipinski definition) is 1. The molecule has 0 radical (unpaired) electrons. The first-order valence-corrected chi connectivity index (χ1v) is 13.8. The quantitative estimate of drug-likeness (QED) is 0.221. The van der Waals surface area contributed by atoms with Gasteiger partial charge in [-0.2, -0.15) is 5.10 Å². The number of carbonyl (C=O) groups is 1. The number of aryl methyl sites for hydroxylation is 2. The van der Waals surface area contributed by atoms with Crippen molar-refractivity contribution in [2.45, 2.75) is 25.7 Å². The van der Waals surface area contributed by atoms with E-state index in [0.717, 1.165) is 37.0 Å². The van der Waals surface area contributed by atoms with Crippen molar-refractivity contribution in [3.8, 4) is 5.69 Å². The predicted octanol–water partition coefficient (Wildman–Crippen LogP) is 5.51. The molecule has 0 aliphatic heterocycles. The first-order chi connectivity index (χ1) is 17.7. The van der Waals surface area contributed by atoms with Crippen LogP contribution in [0.1, 0.15) is 22.5 Å². The Morgan fingerprint density at radius 3 is 2.27 bits per heavy atom. The third kappa shape index (κ3) is 6.00. The molecule has 4 aromatic rings. The van der Waals surface area contributed by atoms with Crippen LogP contribution < -0.4 is 9.73 Å². The summed E-state index contributed by atoms with van der Waals surface area (Å²) < 4.78 is 30.9. The van der Waals surface area contributed by atoms with E-state index in [4.69, 9.17) is 0 Å². The molecule has 1 heterocycles. The van der Waals surface area contributed by atoms with Crippen molar-refractivity contribution < 1.29 is 13.2 Å². The second kappa shape index (κ2) is 11.1. The smallest absolute Gasteiger partial charge is 0.264 e. The van der Waals surface area contributed by atoms with Gasteiger partial charge < -0.3 is 4.57 Å². The monoisotopic (exact) mass is 578 g/mol. The Balaban J connectivity index is 1.55. The number of hydrazone groups is 1. The number of para-hydroxylation sites is 1. The summed E-state index contributed by atoms with van der Waals surface area (Å²) >= 11 is 3.36. The molecule has 0 aliphatic rings. The van der Waals surface area contributed by atoms with Crippen molar-refractivity contribution in [2.75, 3.05) is 10.8 Å². The molecule has 1 aromatic heterocycles. The maximum Gasteiger partial charge on any atom is 0.264 e. The van der Waals surface area contributed by atoms with Gasteiger partial charge in [0.1, 0.15) is 6.54 Å². The highest BCUT2D eigenvalue weighted by atomic mass is 79.9. The number of sulfonamides is 1. The summed E-state index contributed by atoms with van der Waals surface area (Å²) in [6.45, 7) is 5.43. The summed E-state index contributed by atoms with van der Waals surface area (Å²) in [5.74, 6) is -0.563. The van der Waals surface area contributed by atoms with Crippen LogP contribution in [0.5, 0.6) is 0 Å². The SMILES string of the molecule is Cc1ccc(S(=O)(=O)N(CC(=O)N/N=C\c2cc(C)n(-c3ccccc3)c2C)c2ccc(Br)cc2)cc1. The lowest BCUT2D eigenvalue weighted by atomic mass is 10.2. The van der Waals surface area contributed by atoms with E-state index in [1.165, 1.54) is 12.1 Å². The molecule has 3 aromatic carbocycles. The summed E-state index contributed by atoms with van der Waals surface area (Å²) in [6, 6.07) is 25.2. The van der Waals surface area contributed by atoms with Crippen LogP contribution in [0, 0.1) is 20.8 Å². The molecule has 1 amide bonds. The maximum absolute atomic E-state index is 13.5. The highest BCUT2D eigenvalue weighted by molar-refractivity contribution is 9.10. The predicted molar refractivity (Wildman–Crippen MR) is 151 cm³/mol. The fraction of sp³-hybridized carbons (Fsp3) is 0.143. The van der Waals surface area contributed by atoms with E-state index in [2.05, 4.69) is 31.0 Å². The van der Waals surface area contributed by atoms with Crippen LogP contribution in [0.15, 0.2) is 99.4 Å². The molecule has 9 heteroatoms. The van der Waals surface area contributed by atoms with Gasteiger partial charge >= 0.3 is 0 Å². The van der Waals surface area contributed by atoms with Crippen molar-refractivity contribution >= 4 is 43.8 Å². The number of carbonyl (C=O) groups excluding carboxylic acids is 1. The topological polar surface area (TPSA) is 83.8 Å². The summed E-state index contributed by atoms with van der Waals surface area (Å²) in [5, 5.41) is 4.11. The first-order valence-electron chi connectivity index (χ1n) is 11.6. The van der Waals surface area contributed by atoms with E-state index in [-0.39, 0.29) is 4.90 Å². The minimum atomic E-state index is -3.99. The van der Waals surface area contributed by atoms with Crippen LogP contribution in [0.2, 0.25) is 0 Å². The molecule has 7 nitrogen and oxygen atoms in total. The molecule has 37 heavy (non-hydrogen) atoms. The molecular formula is C28H27BrN4O3S. The zero-order chi connectivity index (χ0) is 26.6. The lowest BCUT2D eigenvalue weighted by Gasteiger charge is -2.23. The second-order valence-electron chi connectivity index (χ2n) is 8.59. The zero-order valence-corrected chi connectivity index (χ0v) is 23.1. The van der Waals surface area contributed by atoms with Crippen LogP contribution in [-0.2, 0) is 14.8 Å². The number of anilines is 1. The van der Waals surface area contributed by atoms with Gasteiger partial charge in [0.2, 0.25) is 0 Å². The van der Waals surface area contributed by atoms with Crippen molar-refractivity contribution in [2.24, 2.45) is 5.10 Å². The number of benzene rings is 3. The molecule has 0 aliphatic carbocycles. The lowest BCUT2D eigenvalue weighted by Crippen LogP contribution is -2.39. The molecule has 1 N–H and O–H groups in total. The second-order valence-corrected chi connectivity index (χ2v) is 11.4. The van der Waals surface area contributed by atoms with Gasteiger partial charge in [0, 0.05) is 27.1 Å². The number of nitrogens with one attached hydrogen (secondary N) is 1. The minimum absolute atomic E-state index is 0.102. The van der Waals surface area contributed by atoms with Crippen LogP contribution in [-0.4, -0.2) is 31.7 Å². The van der Waals surface area contributed by atoms with E-state index in [1.54, 1.807) is 42.6 Å². The van der Waals surface area contributed by atoms with Crippen molar-refractivity contribution in [3.05, 3.63) is 112 Å². The lowest BCUT2D eigenvalue weighted by molar-refractivity contribution is -0.119. The summed E-state index contributed by atoms with van der Waals surface area (Å²) in [6.07, 6.45) is 1.57. The Hall–Kier alpha value is -3.69. The fourth-order valence-electron chi connectivity index (χ4n) is 3.99. The molecule has 4 rings (SSSR count). The summed E-state index contributed by atoms with van der Waals surface area (Å²) in [7, 11) is -3.99. The Morgan fingerprint density at radius 1 is 0.973 bits per heavy atom. The Kier molecular flexibility index (Phi) is 7.94. The van der Waals surface area contributed by atoms with Crippen LogP contribution >= 0.6 is 15.9 Å². The highest BCUT2D eigenvalue weighted by Gasteiger charge is 2.27. The molecule has 190 valence electrons. The number of nitrogens with zero attached hydrogens (tertiary/aromatic N) is 3. The molecule has 0 bridgehead atoms. The molecule has 0 fully saturated rings. The van der Waals surface area contributed by atoms with Crippen LogP contribution in [0.4, 0.5) is 5.69 Å². The van der Waals surface area contributed by atoms with Gasteiger partial charge in [-0.3, -0.25) is 9.10 Å². The molecule has 0 spiro atoms. The number of aromatic nitrogens is 1. The van der Waals surface area contributed by atoms with Crippen LogP contribution in [0.3, 0.4) is 0 Å². The Bertz CT molecular complexity index is 1530. The molecule has 0 unspecified atom stereocenters. The summed E-state index contributed by atoms with van der Waals surface area (Å²) in [5.41, 5.74) is 7.67. The van der Waals surface area contributed by atoms with Gasteiger partial charge in [0.25, 0.3) is 15.9 Å². The number of rotatable bonds is 8. The standard InChI is InChI=1S/C28H27BrN4O3S/c1-20-9-15-27(16-10-20)37(35,36)32(25-13-11-24(29)12-14-25)19-28(34)31-30-18-23-17-21(2)33(22(23)3)26-7-5-4-6-8-26/h4-18H,19H2,1-3H3,(H,31,34)/b30-18-.